The number of ether oxygens (including phenoxy) is 1. The highest BCUT2D eigenvalue weighted by Gasteiger charge is 2.24. The molecule has 2 aliphatic rings. The highest BCUT2D eigenvalue weighted by molar-refractivity contribution is 5.61. The van der Waals surface area contributed by atoms with E-state index in [4.69, 9.17) is 4.74 Å². The molecule has 1 saturated heterocycles. The number of nitrogens with zero attached hydrogens (tertiary/aromatic N) is 1. The van der Waals surface area contributed by atoms with Crippen LogP contribution in [-0.4, -0.2) is 32.3 Å². The fourth-order valence-electron chi connectivity index (χ4n) is 3.71. The van der Waals surface area contributed by atoms with Crippen molar-refractivity contribution in [2.45, 2.75) is 52.1 Å². The van der Waals surface area contributed by atoms with Crippen LogP contribution >= 0.6 is 0 Å². The van der Waals surface area contributed by atoms with E-state index in [0.29, 0.717) is 6.10 Å². The van der Waals surface area contributed by atoms with Gasteiger partial charge in [-0.05, 0) is 68.8 Å². The topological polar surface area (TPSA) is 24.5 Å². The van der Waals surface area contributed by atoms with E-state index in [0.717, 1.165) is 31.2 Å². The minimum absolute atomic E-state index is 0.342. The Hall–Kier alpha value is -1.22. The molecule has 22 heavy (non-hydrogen) atoms. The summed E-state index contributed by atoms with van der Waals surface area (Å²) in [5.74, 6) is 1.92. The van der Waals surface area contributed by atoms with Crippen molar-refractivity contribution in [2.75, 3.05) is 31.1 Å². The van der Waals surface area contributed by atoms with Crippen LogP contribution in [-0.2, 0) is 6.42 Å². The normalized spacial score (nSPS) is 22.3. The van der Waals surface area contributed by atoms with Crippen molar-refractivity contribution in [3.63, 3.8) is 0 Å². The number of anilines is 1. The molecular formula is C19H30N2O. The molecule has 1 fully saturated rings. The van der Waals surface area contributed by atoms with E-state index in [1.165, 1.54) is 50.0 Å². The van der Waals surface area contributed by atoms with Gasteiger partial charge in [0.1, 0.15) is 11.9 Å². The van der Waals surface area contributed by atoms with E-state index in [-0.39, 0.29) is 0 Å². The van der Waals surface area contributed by atoms with E-state index in [9.17, 15) is 0 Å². The second kappa shape index (κ2) is 7.36. The van der Waals surface area contributed by atoms with Crippen molar-refractivity contribution in [1.82, 2.24) is 5.32 Å². The van der Waals surface area contributed by atoms with E-state index in [2.05, 4.69) is 42.3 Å². The van der Waals surface area contributed by atoms with Crippen LogP contribution < -0.4 is 15.0 Å². The highest BCUT2D eigenvalue weighted by Crippen LogP contribution is 2.36. The fraction of sp³-hybridized carbons (Fsp3) is 0.684. The SMILES string of the molecule is CCCN1CC(CC)Oc2ccc(CC3CCNCC3)cc21. The highest BCUT2D eigenvalue weighted by atomic mass is 16.5. The smallest absolute Gasteiger partial charge is 0.143 e. The monoisotopic (exact) mass is 302 g/mol. The number of nitrogens with one attached hydrogen (secondary N) is 1. The molecule has 0 aliphatic carbocycles. The lowest BCUT2D eigenvalue weighted by Crippen LogP contribution is -2.40. The van der Waals surface area contributed by atoms with Crippen LogP contribution in [0.15, 0.2) is 18.2 Å². The summed E-state index contributed by atoms with van der Waals surface area (Å²) in [7, 11) is 0. The van der Waals surface area contributed by atoms with Crippen LogP contribution in [0.5, 0.6) is 5.75 Å². The molecule has 0 saturated carbocycles. The maximum atomic E-state index is 6.15. The summed E-state index contributed by atoms with van der Waals surface area (Å²) >= 11 is 0. The first-order chi connectivity index (χ1) is 10.8. The molecule has 0 aromatic heterocycles. The van der Waals surface area contributed by atoms with Crippen molar-refractivity contribution < 1.29 is 4.74 Å². The molecule has 3 rings (SSSR count). The molecule has 3 heteroatoms. The molecule has 2 heterocycles. The Balaban J connectivity index is 1.76. The Morgan fingerprint density at radius 3 is 2.77 bits per heavy atom. The largest absolute Gasteiger partial charge is 0.486 e. The summed E-state index contributed by atoms with van der Waals surface area (Å²) in [5, 5.41) is 3.46. The Morgan fingerprint density at radius 1 is 1.23 bits per heavy atom. The number of piperidine rings is 1. The lowest BCUT2D eigenvalue weighted by molar-refractivity contribution is 0.189. The summed E-state index contributed by atoms with van der Waals surface area (Å²) < 4.78 is 6.15. The Kier molecular flexibility index (Phi) is 5.24. The minimum atomic E-state index is 0.342. The summed E-state index contributed by atoms with van der Waals surface area (Å²) in [4.78, 5) is 2.53. The minimum Gasteiger partial charge on any atom is -0.486 e. The van der Waals surface area contributed by atoms with E-state index in [1.54, 1.807) is 0 Å². The third-order valence-corrected chi connectivity index (χ3v) is 5.01. The molecule has 2 aliphatic heterocycles. The zero-order chi connectivity index (χ0) is 15.4. The standard InChI is InChI=1S/C19H30N2O/c1-3-11-21-14-17(4-2)22-19-6-5-16(13-18(19)21)12-15-7-9-20-10-8-15/h5-6,13,15,17,20H,3-4,7-12,14H2,1-2H3. The quantitative estimate of drug-likeness (QED) is 0.899. The van der Waals surface area contributed by atoms with Gasteiger partial charge in [0, 0.05) is 6.54 Å². The molecule has 0 amide bonds. The predicted octanol–water partition coefficient (Wildman–Crippen LogP) is 3.62. The van der Waals surface area contributed by atoms with E-state index in [1.807, 2.05) is 0 Å². The van der Waals surface area contributed by atoms with Crippen LogP contribution in [0, 0.1) is 5.92 Å². The van der Waals surface area contributed by atoms with Gasteiger partial charge in [0.05, 0.1) is 12.2 Å². The number of rotatable bonds is 5. The Morgan fingerprint density at radius 2 is 2.05 bits per heavy atom. The second-order valence-electron chi connectivity index (χ2n) is 6.79. The van der Waals surface area contributed by atoms with Gasteiger partial charge in [0.2, 0.25) is 0 Å². The van der Waals surface area contributed by atoms with Crippen LogP contribution in [0.25, 0.3) is 0 Å². The Labute approximate surface area is 135 Å². The average molecular weight is 302 g/mol. The zero-order valence-corrected chi connectivity index (χ0v) is 14.1. The Bertz CT molecular complexity index is 482. The van der Waals surface area contributed by atoms with Gasteiger partial charge in [-0.1, -0.05) is 19.9 Å². The molecule has 1 aromatic carbocycles. The molecule has 1 unspecified atom stereocenters. The van der Waals surface area contributed by atoms with Crippen molar-refractivity contribution >= 4 is 5.69 Å². The summed E-state index contributed by atoms with van der Waals surface area (Å²) in [6, 6.07) is 6.87. The lowest BCUT2D eigenvalue weighted by Gasteiger charge is -2.36. The van der Waals surface area contributed by atoms with Gasteiger partial charge in [0.15, 0.2) is 0 Å². The van der Waals surface area contributed by atoms with Crippen LogP contribution in [0.3, 0.4) is 0 Å². The van der Waals surface area contributed by atoms with Gasteiger partial charge in [-0.2, -0.15) is 0 Å². The molecule has 0 bridgehead atoms. The summed E-state index contributed by atoms with van der Waals surface area (Å²) in [6.45, 7) is 9.00. The van der Waals surface area contributed by atoms with Crippen molar-refractivity contribution in [3.05, 3.63) is 23.8 Å². The van der Waals surface area contributed by atoms with Gasteiger partial charge in [0.25, 0.3) is 0 Å². The lowest BCUT2D eigenvalue weighted by atomic mass is 9.90. The van der Waals surface area contributed by atoms with Gasteiger partial charge >= 0.3 is 0 Å². The summed E-state index contributed by atoms with van der Waals surface area (Å²) in [5.41, 5.74) is 2.79. The van der Waals surface area contributed by atoms with Gasteiger partial charge in [-0.3, -0.25) is 0 Å². The van der Waals surface area contributed by atoms with Crippen LogP contribution in [0.2, 0.25) is 0 Å². The predicted molar refractivity (Wildman–Crippen MR) is 93.0 cm³/mol. The molecular weight excluding hydrogens is 272 g/mol. The third-order valence-electron chi connectivity index (χ3n) is 5.01. The first-order valence-corrected chi connectivity index (χ1v) is 9.05. The average Bonchev–Trinajstić information content (AvgIpc) is 2.56. The van der Waals surface area contributed by atoms with Gasteiger partial charge in [-0.15, -0.1) is 0 Å². The maximum absolute atomic E-state index is 6.15. The number of hydrogen-bond acceptors (Lipinski definition) is 3. The molecule has 1 N–H and O–H groups in total. The first kappa shape index (κ1) is 15.7. The molecule has 122 valence electrons. The fourth-order valence-corrected chi connectivity index (χ4v) is 3.71. The number of benzene rings is 1. The molecule has 1 atom stereocenters. The zero-order valence-electron chi connectivity index (χ0n) is 14.1. The molecule has 0 radical (unpaired) electrons. The summed E-state index contributed by atoms with van der Waals surface area (Å²) in [6.07, 6.45) is 6.44. The third kappa shape index (κ3) is 3.57. The first-order valence-electron chi connectivity index (χ1n) is 9.05. The number of hydrogen-bond donors (Lipinski definition) is 1. The van der Waals surface area contributed by atoms with Crippen molar-refractivity contribution in [1.29, 1.82) is 0 Å². The van der Waals surface area contributed by atoms with Gasteiger partial charge < -0.3 is 15.0 Å². The van der Waals surface area contributed by atoms with Crippen molar-refractivity contribution in [3.8, 4) is 5.75 Å². The second-order valence-corrected chi connectivity index (χ2v) is 6.79. The van der Waals surface area contributed by atoms with E-state index < -0.39 is 0 Å². The molecule has 3 nitrogen and oxygen atoms in total. The van der Waals surface area contributed by atoms with Crippen molar-refractivity contribution in [2.24, 2.45) is 5.92 Å². The molecule has 0 spiro atoms. The maximum Gasteiger partial charge on any atom is 0.143 e. The number of fused-ring (bicyclic) bond motifs is 1. The van der Waals surface area contributed by atoms with E-state index >= 15 is 0 Å². The van der Waals surface area contributed by atoms with Gasteiger partial charge in [-0.25, -0.2) is 0 Å². The molecule has 1 aromatic rings. The van der Waals surface area contributed by atoms with Crippen LogP contribution in [0.1, 0.15) is 45.1 Å². The van der Waals surface area contributed by atoms with Crippen LogP contribution in [0.4, 0.5) is 5.69 Å².